The van der Waals surface area contributed by atoms with Crippen LogP contribution in [0.1, 0.15) is 26.3 Å². The Kier molecular flexibility index (Phi) is 4.37. The van der Waals surface area contributed by atoms with Crippen molar-refractivity contribution in [2.75, 3.05) is 5.32 Å². The topological polar surface area (TPSA) is 66.4 Å². The van der Waals surface area contributed by atoms with Gasteiger partial charge in [-0.2, -0.15) is 0 Å². The largest absolute Gasteiger partial charge is 0.478 e. The van der Waals surface area contributed by atoms with Crippen LogP contribution in [-0.2, 0) is 0 Å². The number of nitrogens with one attached hydrogen (secondary N) is 1. The molecule has 4 nitrogen and oxygen atoms in total. The summed E-state index contributed by atoms with van der Waals surface area (Å²) in [5.74, 6) is -2.35. The Morgan fingerprint density at radius 1 is 1.24 bits per heavy atom. The first-order chi connectivity index (χ1) is 9.90. The average Bonchev–Trinajstić information content (AvgIpc) is 2.43. The molecule has 0 heterocycles. The summed E-state index contributed by atoms with van der Waals surface area (Å²) < 4.78 is 14.4. The highest BCUT2D eigenvalue weighted by Gasteiger charge is 2.15. The molecule has 0 aliphatic heterocycles. The zero-order chi connectivity index (χ0) is 15.6. The van der Waals surface area contributed by atoms with Gasteiger partial charge in [-0.15, -0.1) is 0 Å². The predicted octanol–water partition coefficient (Wildman–Crippen LogP) is 3.85. The normalized spacial score (nSPS) is 10.2. The second-order valence-electron chi connectivity index (χ2n) is 4.39. The standard InChI is InChI=1S/C15H11BrFNO3/c1-8-3-2-4-10(13(8)17)14(19)18-12-7-9(15(20)21)5-6-11(12)16/h2-7H,1H3,(H,18,19)(H,20,21). The molecule has 0 unspecified atom stereocenters. The molecule has 2 N–H and O–H groups in total. The molecule has 0 aliphatic rings. The van der Waals surface area contributed by atoms with Crippen LogP contribution in [0, 0.1) is 12.7 Å². The van der Waals surface area contributed by atoms with Crippen molar-refractivity contribution in [3.8, 4) is 0 Å². The highest BCUT2D eigenvalue weighted by molar-refractivity contribution is 9.10. The van der Waals surface area contributed by atoms with Gasteiger partial charge in [-0.3, -0.25) is 4.79 Å². The minimum Gasteiger partial charge on any atom is -0.478 e. The number of rotatable bonds is 3. The Hall–Kier alpha value is -2.21. The fourth-order valence-corrected chi connectivity index (χ4v) is 2.11. The van der Waals surface area contributed by atoms with Crippen molar-refractivity contribution < 1.29 is 19.1 Å². The number of carboxylic acid groups (broad SMARTS) is 1. The maximum absolute atomic E-state index is 13.9. The second-order valence-corrected chi connectivity index (χ2v) is 5.24. The van der Waals surface area contributed by atoms with Gasteiger partial charge in [0.15, 0.2) is 0 Å². The smallest absolute Gasteiger partial charge is 0.335 e. The number of amides is 1. The Balaban J connectivity index is 2.33. The molecule has 2 aromatic rings. The van der Waals surface area contributed by atoms with Gasteiger partial charge in [0.25, 0.3) is 5.91 Å². The molecular formula is C15H11BrFNO3. The minimum atomic E-state index is -1.11. The van der Waals surface area contributed by atoms with Crippen LogP contribution >= 0.6 is 15.9 Å². The van der Waals surface area contributed by atoms with E-state index >= 15 is 0 Å². The first kappa shape index (κ1) is 15.2. The van der Waals surface area contributed by atoms with E-state index in [0.29, 0.717) is 10.0 Å². The molecule has 0 saturated heterocycles. The number of benzene rings is 2. The summed E-state index contributed by atoms with van der Waals surface area (Å²) in [7, 11) is 0. The third kappa shape index (κ3) is 3.28. The molecule has 0 fully saturated rings. The van der Waals surface area contributed by atoms with Crippen LogP contribution in [0.3, 0.4) is 0 Å². The molecule has 0 bridgehead atoms. The number of hydrogen-bond donors (Lipinski definition) is 2. The molecule has 0 saturated carbocycles. The van der Waals surface area contributed by atoms with E-state index < -0.39 is 17.7 Å². The zero-order valence-electron chi connectivity index (χ0n) is 11.0. The number of carbonyl (C=O) groups is 2. The lowest BCUT2D eigenvalue weighted by Gasteiger charge is -2.10. The first-order valence-corrected chi connectivity index (χ1v) is 6.78. The number of carboxylic acids is 1. The van der Waals surface area contributed by atoms with Crippen molar-refractivity contribution in [2.45, 2.75) is 6.92 Å². The molecule has 1 amide bonds. The van der Waals surface area contributed by atoms with Crippen molar-refractivity contribution in [1.29, 1.82) is 0 Å². The van der Waals surface area contributed by atoms with E-state index in [4.69, 9.17) is 5.11 Å². The molecule has 0 aliphatic carbocycles. The zero-order valence-corrected chi connectivity index (χ0v) is 12.6. The molecular weight excluding hydrogens is 341 g/mol. The van der Waals surface area contributed by atoms with Gasteiger partial charge in [-0.25, -0.2) is 9.18 Å². The van der Waals surface area contributed by atoms with Crippen LogP contribution in [0.5, 0.6) is 0 Å². The molecule has 2 rings (SSSR count). The predicted molar refractivity (Wildman–Crippen MR) is 80.2 cm³/mol. The summed E-state index contributed by atoms with van der Waals surface area (Å²) in [6.45, 7) is 1.56. The lowest BCUT2D eigenvalue weighted by atomic mass is 10.1. The highest BCUT2D eigenvalue weighted by atomic mass is 79.9. The Bertz CT molecular complexity index is 731. The van der Waals surface area contributed by atoms with Gasteiger partial charge in [0.1, 0.15) is 5.82 Å². The summed E-state index contributed by atoms with van der Waals surface area (Å²) in [6.07, 6.45) is 0. The monoisotopic (exact) mass is 351 g/mol. The van der Waals surface area contributed by atoms with Crippen molar-refractivity contribution in [1.82, 2.24) is 0 Å². The molecule has 0 atom stereocenters. The number of halogens is 2. The van der Waals surface area contributed by atoms with Gasteiger partial charge in [0.05, 0.1) is 16.8 Å². The van der Waals surface area contributed by atoms with Crippen molar-refractivity contribution in [3.05, 3.63) is 63.4 Å². The molecule has 21 heavy (non-hydrogen) atoms. The third-order valence-electron chi connectivity index (χ3n) is 2.90. The summed E-state index contributed by atoms with van der Waals surface area (Å²) in [5, 5.41) is 11.4. The molecule has 0 spiro atoms. The summed E-state index contributed by atoms with van der Waals surface area (Å²) in [4.78, 5) is 23.0. The van der Waals surface area contributed by atoms with Crippen LogP contribution in [-0.4, -0.2) is 17.0 Å². The number of aryl methyl sites for hydroxylation is 1. The fraction of sp³-hybridized carbons (Fsp3) is 0.0667. The Labute approximate surface area is 128 Å². The maximum atomic E-state index is 13.9. The van der Waals surface area contributed by atoms with Crippen LogP contribution in [0.25, 0.3) is 0 Å². The first-order valence-electron chi connectivity index (χ1n) is 5.99. The highest BCUT2D eigenvalue weighted by Crippen LogP contribution is 2.25. The van der Waals surface area contributed by atoms with Crippen molar-refractivity contribution in [3.63, 3.8) is 0 Å². The van der Waals surface area contributed by atoms with Gasteiger partial charge in [0.2, 0.25) is 0 Å². The van der Waals surface area contributed by atoms with E-state index in [1.165, 1.54) is 24.3 Å². The second kappa shape index (κ2) is 6.05. The number of carbonyl (C=O) groups excluding carboxylic acids is 1. The van der Waals surface area contributed by atoms with Gasteiger partial charge in [-0.05, 0) is 52.7 Å². The Morgan fingerprint density at radius 3 is 2.62 bits per heavy atom. The van der Waals surface area contributed by atoms with E-state index in [9.17, 15) is 14.0 Å². The molecule has 108 valence electrons. The van der Waals surface area contributed by atoms with Gasteiger partial charge < -0.3 is 10.4 Å². The van der Waals surface area contributed by atoms with E-state index in [1.807, 2.05) is 0 Å². The van der Waals surface area contributed by atoms with Crippen LogP contribution < -0.4 is 5.32 Å². The quantitative estimate of drug-likeness (QED) is 0.882. The lowest BCUT2D eigenvalue weighted by Crippen LogP contribution is -2.15. The van der Waals surface area contributed by atoms with E-state index in [0.717, 1.165) is 0 Å². The molecule has 2 aromatic carbocycles. The lowest BCUT2D eigenvalue weighted by molar-refractivity contribution is 0.0696. The van der Waals surface area contributed by atoms with Crippen LogP contribution in [0.4, 0.5) is 10.1 Å². The van der Waals surface area contributed by atoms with Gasteiger partial charge >= 0.3 is 5.97 Å². The number of aromatic carboxylic acids is 1. The van der Waals surface area contributed by atoms with E-state index in [2.05, 4.69) is 21.2 Å². The maximum Gasteiger partial charge on any atom is 0.335 e. The third-order valence-corrected chi connectivity index (χ3v) is 3.59. The average molecular weight is 352 g/mol. The van der Waals surface area contributed by atoms with Crippen LogP contribution in [0.15, 0.2) is 40.9 Å². The summed E-state index contributed by atoms with van der Waals surface area (Å²) >= 11 is 3.21. The number of hydrogen-bond acceptors (Lipinski definition) is 2. The molecule has 0 aromatic heterocycles. The van der Waals surface area contributed by atoms with Crippen molar-refractivity contribution >= 4 is 33.5 Å². The van der Waals surface area contributed by atoms with Crippen molar-refractivity contribution in [2.24, 2.45) is 0 Å². The van der Waals surface area contributed by atoms with E-state index in [1.54, 1.807) is 19.1 Å². The summed E-state index contributed by atoms with van der Waals surface area (Å²) in [5.41, 5.74) is 0.558. The minimum absolute atomic E-state index is 0.0261. The van der Waals surface area contributed by atoms with Crippen LogP contribution in [0.2, 0.25) is 0 Å². The van der Waals surface area contributed by atoms with E-state index in [-0.39, 0.29) is 16.8 Å². The summed E-state index contributed by atoms with van der Waals surface area (Å²) in [6, 6.07) is 8.72. The van der Waals surface area contributed by atoms with Gasteiger partial charge in [0, 0.05) is 4.47 Å². The fourth-order valence-electron chi connectivity index (χ4n) is 1.77. The SMILES string of the molecule is Cc1cccc(C(=O)Nc2cc(C(=O)O)ccc2Br)c1F. The van der Waals surface area contributed by atoms with Gasteiger partial charge in [-0.1, -0.05) is 12.1 Å². The molecule has 6 heteroatoms. The number of anilines is 1. The molecule has 0 radical (unpaired) electrons. The Morgan fingerprint density at radius 2 is 1.95 bits per heavy atom.